The fourth-order valence-electron chi connectivity index (χ4n) is 2.69. The van der Waals surface area contributed by atoms with Crippen molar-refractivity contribution in [2.75, 3.05) is 0 Å². The Morgan fingerprint density at radius 1 is 0.963 bits per heavy atom. The first-order chi connectivity index (χ1) is 12.8. The largest absolute Gasteiger partial charge is 0.416 e. The number of hydrogen-bond acceptors (Lipinski definition) is 2. The number of halogens is 5. The summed E-state index contributed by atoms with van der Waals surface area (Å²) in [4.78, 5) is 1.56. The van der Waals surface area contributed by atoms with Gasteiger partial charge in [0.1, 0.15) is 0 Å². The minimum absolute atomic E-state index is 0.465. The van der Waals surface area contributed by atoms with Crippen molar-refractivity contribution in [1.29, 1.82) is 0 Å². The average molecular weight is 431 g/mol. The van der Waals surface area contributed by atoms with Crippen molar-refractivity contribution >= 4 is 34.5 Å². The normalized spacial score (nSPS) is 13.0. The van der Waals surface area contributed by atoms with Crippen LogP contribution in [0.15, 0.2) is 54.6 Å². The minimum Gasteiger partial charge on any atom is -0.388 e. The van der Waals surface area contributed by atoms with Crippen LogP contribution >= 0.6 is 34.5 Å². The molecular weight excluding hydrogens is 416 g/mol. The Morgan fingerprint density at radius 3 is 2.33 bits per heavy atom. The van der Waals surface area contributed by atoms with Crippen molar-refractivity contribution in [2.45, 2.75) is 25.1 Å². The van der Waals surface area contributed by atoms with Gasteiger partial charge in [-0.2, -0.15) is 13.2 Å². The molecule has 0 saturated carbocycles. The number of alkyl halides is 3. The molecular formula is C20H15Cl2F3OS. The van der Waals surface area contributed by atoms with E-state index in [4.69, 9.17) is 23.2 Å². The second-order valence-electron chi connectivity index (χ2n) is 6.04. The molecule has 0 spiro atoms. The predicted molar refractivity (Wildman–Crippen MR) is 104 cm³/mol. The van der Waals surface area contributed by atoms with Gasteiger partial charge in [0, 0.05) is 9.75 Å². The Hall–Kier alpha value is -1.53. The van der Waals surface area contributed by atoms with Crippen LogP contribution in [0.5, 0.6) is 0 Å². The van der Waals surface area contributed by atoms with E-state index in [1.54, 1.807) is 18.2 Å². The van der Waals surface area contributed by atoms with E-state index in [1.165, 1.54) is 23.5 Å². The molecule has 1 aromatic heterocycles. The van der Waals surface area contributed by atoms with Crippen LogP contribution < -0.4 is 0 Å². The molecule has 0 saturated heterocycles. The van der Waals surface area contributed by atoms with Gasteiger partial charge >= 0.3 is 6.18 Å². The van der Waals surface area contributed by atoms with Gasteiger partial charge < -0.3 is 5.11 Å². The highest BCUT2D eigenvalue weighted by atomic mass is 35.5. The fraction of sp³-hybridized carbons (Fsp3) is 0.200. The second kappa shape index (κ2) is 8.23. The number of thiophene rings is 1. The lowest BCUT2D eigenvalue weighted by atomic mass is 10.1. The van der Waals surface area contributed by atoms with Crippen molar-refractivity contribution in [1.82, 2.24) is 0 Å². The Labute approximate surface area is 169 Å². The predicted octanol–water partition coefficient (Wildman–Crippen LogP) is 7.41. The highest BCUT2D eigenvalue weighted by Gasteiger charge is 2.30. The fourth-order valence-corrected chi connectivity index (χ4v) is 4.14. The quantitative estimate of drug-likeness (QED) is 0.446. The van der Waals surface area contributed by atoms with Crippen molar-refractivity contribution < 1.29 is 18.3 Å². The lowest BCUT2D eigenvalue weighted by Gasteiger charge is -2.10. The van der Waals surface area contributed by atoms with Crippen molar-refractivity contribution in [3.63, 3.8) is 0 Å². The molecule has 0 aliphatic heterocycles. The van der Waals surface area contributed by atoms with Crippen LogP contribution in [-0.4, -0.2) is 5.11 Å². The van der Waals surface area contributed by atoms with Gasteiger partial charge in [-0.15, -0.1) is 11.3 Å². The summed E-state index contributed by atoms with van der Waals surface area (Å²) in [5, 5.41) is 11.4. The molecule has 1 heterocycles. The number of benzene rings is 2. The van der Waals surface area contributed by atoms with Crippen LogP contribution in [0, 0.1) is 0 Å². The number of aliphatic hydroxyl groups is 1. The molecule has 142 valence electrons. The van der Waals surface area contributed by atoms with E-state index in [0.717, 1.165) is 27.5 Å². The molecule has 1 nitrogen and oxygen atoms in total. The molecule has 0 aliphatic rings. The third kappa shape index (κ3) is 4.85. The van der Waals surface area contributed by atoms with Crippen LogP contribution in [0.4, 0.5) is 13.2 Å². The lowest BCUT2D eigenvalue weighted by Crippen LogP contribution is -2.03. The third-order valence-corrected chi connectivity index (χ3v) is 6.26. The van der Waals surface area contributed by atoms with Gasteiger partial charge in [0.05, 0.1) is 21.7 Å². The topological polar surface area (TPSA) is 20.2 Å². The Morgan fingerprint density at radius 2 is 1.67 bits per heavy atom. The molecule has 2 aromatic carbocycles. The summed E-state index contributed by atoms with van der Waals surface area (Å²) in [6.45, 7) is 0. The maximum absolute atomic E-state index is 12.7. The number of aryl methyl sites for hydroxylation is 1. The standard InChI is InChI=1S/C20H15Cl2F3OS/c21-15-3-1-2-13(19(15)22)6-9-16(26)18-11-10-17(27-18)12-4-7-14(8-5-12)20(23,24)25/h1-5,7-8,10-11,16,26H,6,9H2. The lowest BCUT2D eigenvalue weighted by molar-refractivity contribution is -0.137. The second-order valence-corrected chi connectivity index (χ2v) is 7.95. The zero-order chi connectivity index (χ0) is 19.6. The first-order valence-electron chi connectivity index (χ1n) is 8.14. The molecule has 1 N–H and O–H groups in total. The van der Waals surface area contributed by atoms with Crippen molar-refractivity contribution in [3.05, 3.63) is 80.6 Å². The highest BCUT2D eigenvalue weighted by molar-refractivity contribution is 7.15. The monoisotopic (exact) mass is 430 g/mol. The number of rotatable bonds is 5. The Bertz CT molecular complexity index is 920. The first-order valence-corrected chi connectivity index (χ1v) is 9.71. The molecule has 3 aromatic rings. The van der Waals surface area contributed by atoms with Crippen LogP contribution in [0.25, 0.3) is 10.4 Å². The first kappa shape index (κ1) is 20.2. The summed E-state index contributed by atoms with van der Waals surface area (Å²) >= 11 is 13.5. The summed E-state index contributed by atoms with van der Waals surface area (Å²) in [5.74, 6) is 0. The van der Waals surface area contributed by atoms with Gasteiger partial charge in [0.25, 0.3) is 0 Å². The van der Waals surface area contributed by atoms with Gasteiger partial charge in [0.2, 0.25) is 0 Å². The maximum atomic E-state index is 12.7. The average Bonchev–Trinajstić information content (AvgIpc) is 3.12. The highest BCUT2D eigenvalue weighted by Crippen LogP contribution is 2.36. The van der Waals surface area contributed by atoms with E-state index in [1.807, 2.05) is 12.1 Å². The van der Waals surface area contributed by atoms with Gasteiger partial charge in [-0.25, -0.2) is 0 Å². The number of aliphatic hydroxyl groups excluding tert-OH is 1. The molecule has 0 fully saturated rings. The van der Waals surface area contributed by atoms with Crippen LogP contribution in [0.3, 0.4) is 0 Å². The summed E-state index contributed by atoms with van der Waals surface area (Å²) < 4.78 is 38.0. The Kier molecular flexibility index (Phi) is 6.16. The SMILES string of the molecule is OC(CCc1cccc(Cl)c1Cl)c1ccc(-c2ccc(C(F)(F)F)cc2)s1. The maximum Gasteiger partial charge on any atom is 0.416 e. The zero-order valence-electron chi connectivity index (χ0n) is 13.9. The minimum atomic E-state index is -4.35. The Balaban J connectivity index is 1.68. The van der Waals surface area contributed by atoms with E-state index >= 15 is 0 Å². The van der Waals surface area contributed by atoms with E-state index in [0.29, 0.717) is 28.5 Å². The molecule has 0 amide bonds. The van der Waals surface area contributed by atoms with Gasteiger partial charge in [-0.05, 0) is 54.3 Å². The van der Waals surface area contributed by atoms with E-state index in [-0.39, 0.29) is 0 Å². The van der Waals surface area contributed by atoms with E-state index in [9.17, 15) is 18.3 Å². The molecule has 0 aliphatic carbocycles. The molecule has 7 heteroatoms. The molecule has 1 atom stereocenters. The molecule has 3 rings (SSSR count). The van der Waals surface area contributed by atoms with Gasteiger partial charge in [-0.1, -0.05) is 47.5 Å². The summed E-state index contributed by atoms with van der Waals surface area (Å²) in [6, 6.07) is 14.0. The summed E-state index contributed by atoms with van der Waals surface area (Å²) in [5.41, 5.74) is 0.869. The van der Waals surface area contributed by atoms with Crippen LogP contribution in [-0.2, 0) is 12.6 Å². The molecule has 1 unspecified atom stereocenters. The summed E-state index contributed by atoms with van der Waals surface area (Å²) in [7, 11) is 0. The molecule has 0 radical (unpaired) electrons. The van der Waals surface area contributed by atoms with Crippen LogP contribution in [0.2, 0.25) is 10.0 Å². The smallest absolute Gasteiger partial charge is 0.388 e. The third-order valence-electron chi connectivity index (χ3n) is 4.17. The summed E-state index contributed by atoms with van der Waals surface area (Å²) in [6.07, 6.45) is -4.01. The molecule has 0 bridgehead atoms. The van der Waals surface area contributed by atoms with E-state index in [2.05, 4.69) is 0 Å². The molecule has 27 heavy (non-hydrogen) atoms. The van der Waals surface area contributed by atoms with Gasteiger partial charge in [-0.3, -0.25) is 0 Å². The zero-order valence-corrected chi connectivity index (χ0v) is 16.3. The van der Waals surface area contributed by atoms with Crippen molar-refractivity contribution in [2.24, 2.45) is 0 Å². The number of hydrogen-bond donors (Lipinski definition) is 1. The van der Waals surface area contributed by atoms with Gasteiger partial charge in [0.15, 0.2) is 0 Å². The van der Waals surface area contributed by atoms with Crippen LogP contribution in [0.1, 0.15) is 28.5 Å². The van der Waals surface area contributed by atoms with E-state index < -0.39 is 17.8 Å². The van der Waals surface area contributed by atoms with Crippen molar-refractivity contribution in [3.8, 4) is 10.4 Å².